The number of nitrogens with zero attached hydrogens (tertiary/aromatic N) is 3. The van der Waals surface area contributed by atoms with E-state index >= 15 is 0 Å². The van der Waals surface area contributed by atoms with E-state index in [0.29, 0.717) is 22.8 Å². The van der Waals surface area contributed by atoms with Crippen LogP contribution in [0.2, 0.25) is 5.02 Å². The van der Waals surface area contributed by atoms with Crippen molar-refractivity contribution in [2.24, 2.45) is 0 Å². The van der Waals surface area contributed by atoms with E-state index in [9.17, 15) is 9.18 Å². The lowest BCUT2D eigenvalue weighted by molar-refractivity contribution is 0.0985. The van der Waals surface area contributed by atoms with Gasteiger partial charge in [-0.15, -0.1) is 0 Å². The summed E-state index contributed by atoms with van der Waals surface area (Å²) in [4.78, 5) is 21.6. The van der Waals surface area contributed by atoms with Crippen LogP contribution in [0.5, 0.6) is 0 Å². The number of benzene rings is 2. The van der Waals surface area contributed by atoms with Crippen LogP contribution in [0.25, 0.3) is 0 Å². The molecule has 4 nitrogen and oxygen atoms in total. The van der Waals surface area contributed by atoms with Crippen molar-refractivity contribution >= 4 is 29.0 Å². The Morgan fingerprint density at radius 2 is 1.69 bits per heavy atom. The summed E-state index contributed by atoms with van der Waals surface area (Å²) in [7, 11) is 0. The van der Waals surface area contributed by atoms with Crippen LogP contribution in [0, 0.1) is 5.82 Å². The fourth-order valence-corrected chi connectivity index (χ4v) is 3.60. The third-order valence-corrected chi connectivity index (χ3v) is 5.31. The van der Waals surface area contributed by atoms with Crippen molar-refractivity contribution in [1.29, 1.82) is 0 Å². The average Bonchev–Trinajstić information content (AvgIpc) is 3.28. The molecule has 1 fully saturated rings. The van der Waals surface area contributed by atoms with Crippen molar-refractivity contribution in [1.82, 2.24) is 4.98 Å². The van der Waals surface area contributed by atoms with Crippen molar-refractivity contribution in [3.05, 3.63) is 88.8 Å². The van der Waals surface area contributed by atoms with Gasteiger partial charge in [0.1, 0.15) is 11.6 Å². The number of hydrogen-bond donors (Lipinski definition) is 0. The highest BCUT2D eigenvalue weighted by molar-refractivity contribution is 6.30. The molecule has 1 saturated heterocycles. The predicted octanol–water partition coefficient (Wildman–Crippen LogP) is 5.32. The lowest BCUT2D eigenvalue weighted by atomic mass is 10.1. The number of anilines is 2. The number of carbonyl (C=O) groups is 1. The van der Waals surface area contributed by atoms with Gasteiger partial charge in [-0.25, -0.2) is 9.37 Å². The fraction of sp³-hybridized carbons (Fsp3) is 0.217. The van der Waals surface area contributed by atoms with Crippen LogP contribution in [0.4, 0.5) is 15.9 Å². The molecule has 1 aliphatic heterocycles. The lowest BCUT2D eigenvalue weighted by Crippen LogP contribution is -2.30. The molecule has 0 radical (unpaired) electrons. The van der Waals surface area contributed by atoms with Crippen LogP contribution < -0.4 is 9.80 Å². The van der Waals surface area contributed by atoms with Gasteiger partial charge in [0.2, 0.25) is 0 Å². The maximum atomic E-state index is 13.4. The number of halogens is 2. The van der Waals surface area contributed by atoms with E-state index in [4.69, 9.17) is 11.6 Å². The molecule has 0 spiro atoms. The minimum atomic E-state index is -0.343. The van der Waals surface area contributed by atoms with Gasteiger partial charge < -0.3 is 9.80 Å². The Balaban J connectivity index is 1.60. The summed E-state index contributed by atoms with van der Waals surface area (Å²) in [6, 6.07) is 16.7. The van der Waals surface area contributed by atoms with Gasteiger partial charge in [0, 0.05) is 35.6 Å². The van der Waals surface area contributed by atoms with Crippen LogP contribution in [0.15, 0.2) is 66.9 Å². The van der Waals surface area contributed by atoms with Gasteiger partial charge in [0.05, 0.1) is 6.54 Å². The summed E-state index contributed by atoms with van der Waals surface area (Å²) in [6.07, 6.45) is 4.19. The number of amides is 1. The minimum absolute atomic E-state index is 0.183. The molecule has 0 atom stereocenters. The second-order valence-electron chi connectivity index (χ2n) is 7.09. The third-order valence-electron chi connectivity index (χ3n) is 5.05. The Kier molecular flexibility index (Phi) is 5.76. The predicted molar refractivity (Wildman–Crippen MR) is 114 cm³/mol. The Labute approximate surface area is 174 Å². The molecule has 2 aromatic carbocycles. The molecular formula is C23H21ClFN3O. The fourth-order valence-electron chi connectivity index (χ4n) is 3.48. The van der Waals surface area contributed by atoms with Crippen molar-refractivity contribution in [3.63, 3.8) is 0 Å². The maximum Gasteiger partial charge on any atom is 0.258 e. The normalized spacial score (nSPS) is 13.5. The van der Waals surface area contributed by atoms with Gasteiger partial charge in [-0.05, 0) is 73.0 Å². The number of aromatic nitrogens is 1. The van der Waals surface area contributed by atoms with E-state index in [2.05, 4.69) is 9.88 Å². The van der Waals surface area contributed by atoms with Crippen LogP contribution in [0.1, 0.15) is 28.8 Å². The Morgan fingerprint density at radius 1 is 1.00 bits per heavy atom. The van der Waals surface area contributed by atoms with Crippen molar-refractivity contribution in [2.45, 2.75) is 19.4 Å². The second kappa shape index (κ2) is 8.62. The molecular weight excluding hydrogens is 389 g/mol. The van der Waals surface area contributed by atoms with Gasteiger partial charge in [0.15, 0.2) is 0 Å². The lowest BCUT2D eigenvalue weighted by Gasteiger charge is -2.24. The van der Waals surface area contributed by atoms with Crippen LogP contribution in [0.3, 0.4) is 0 Å². The molecule has 148 valence electrons. The monoisotopic (exact) mass is 409 g/mol. The third kappa shape index (κ3) is 4.57. The van der Waals surface area contributed by atoms with Crippen molar-refractivity contribution in [2.75, 3.05) is 22.9 Å². The highest BCUT2D eigenvalue weighted by Gasteiger charge is 2.19. The summed E-state index contributed by atoms with van der Waals surface area (Å²) in [6.45, 7) is 2.40. The molecule has 6 heteroatoms. The number of rotatable bonds is 5. The summed E-state index contributed by atoms with van der Waals surface area (Å²) in [5, 5.41) is 0.566. The zero-order chi connectivity index (χ0) is 20.2. The van der Waals surface area contributed by atoms with E-state index < -0.39 is 0 Å². The summed E-state index contributed by atoms with van der Waals surface area (Å²) < 4.78 is 13.4. The Hall–Kier alpha value is -2.92. The molecule has 2 heterocycles. The molecule has 0 saturated carbocycles. The summed E-state index contributed by atoms with van der Waals surface area (Å²) >= 11 is 5.95. The van der Waals surface area contributed by atoms with Crippen LogP contribution in [-0.2, 0) is 6.54 Å². The number of carbonyl (C=O) groups excluding carboxylic acids is 1. The van der Waals surface area contributed by atoms with Gasteiger partial charge >= 0.3 is 0 Å². The van der Waals surface area contributed by atoms with E-state index in [0.717, 1.165) is 24.5 Å². The minimum Gasteiger partial charge on any atom is -0.357 e. The first-order valence-corrected chi connectivity index (χ1v) is 10.0. The van der Waals surface area contributed by atoms with E-state index in [-0.39, 0.29) is 11.7 Å². The molecule has 29 heavy (non-hydrogen) atoms. The second-order valence-corrected chi connectivity index (χ2v) is 7.53. The molecule has 0 aliphatic carbocycles. The van der Waals surface area contributed by atoms with Crippen LogP contribution in [-0.4, -0.2) is 24.0 Å². The molecule has 0 unspecified atom stereocenters. The van der Waals surface area contributed by atoms with E-state index in [1.54, 1.807) is 47.5 Å². The van der Waals surface area contributed by atoms with Gasteiger partial charge in [0.25, 0.3) is 5.91 Å². The standard InChI is InChI=1S/C23H21ClFN3O/c24-19-6-4-18(5-7-19)23(29)28(21-10-8-20(25)9-11-21)16-17-3-12-22(26-15-17)27-13-1-2-14-27/h3-12,15H,1-2,13-14,16H2. The average molecular weight is 410 g/mol. The summed E-state index contributed by atoms with van der Waals surface area (Å²) in [5.74, 6) is 0.435. The largest absolute Gasteiger partial charge is 0.357 e. The highest BCUT2D eigenvalue weighted by Crippen LogP contribution is 2.23. The quantitative estimate of drug-likeness (QED) is 0.572. The topological polar surface area (TPSA) is 36.4 Å². The number of hydrogen-bond acceptors (Lipinski definition) is 3. The molecule has 0 bridgehead atoms. The summed E-state index contributed by atoms with van der Waals surface area (Å²) in [5.41, 5.74) is 2.04. The first-order valence-electron chi connectivity index (χ1n) is 9.63. The highest BCUT2D eigenvalue weighted by atomic mass is 35.5. The van der Waals surface area contributed by atoms with Crippen molar-refractivity contribution in [3.8, 4) is 0 Å². The molecule has 0 N–H and O–H groups in total. The molecule has 3 aromatic rings. The Morgan fingerprint density at radius 3 is 2.31 bits per heavy atom. The molecule has 1 aromatic heterocycles. The van der Waals surface area contributed by atoms with Gasteiger partial charge in [-0.1, -0.05) is 17.7 Å². The maximum absolute atomic E-state index is 13.4. The first-order chi connectivity index (χ1) is 14.1. The van der Waals surface area contributed by atoms with Gasteiger partial charge in [-0.3, -0.25) is 4.79 Å². The molecule has 1 aliphatic rings. The smallest absolute Gasteiger partial charge is 0.258 e. The van der Waals surface area contributed by atoms with E-state index in [1.807, 2.05) is 12.1 Å². The SMILES string of the molecule is O=C(c1ccc(Cl)cc1)N(Cc1ccc(N2CCCC2)nc1)c1ccc(F)cc1. The van der Waals surface area contributed by atoms with Gasteiger partial charge in [-0.2, -0.15) is 0 Å². The zero-order valence-electron chi connectivity index (χ0n) is 15.9. The molecule has 1 amide bonds. The number of pyridine rings is 1. The molecule has 4 rings (SSSR count). The Bertz CT molecular complexity index is 969. The zero-order valence-corrected chi connectivity index (χ0v) is 16.6. The van der Waals surface area contributed by atoms with Crippen molar-refractivity contribution < 1.29 is 9.18 Å². The first kappa shape index (κ1) is 19.4. The van der Waals surface area contributed by atoms with E-state index in [1.165, 1.54) is 25.0 Å². The van der Waals surface area contributed by atoms with Crippen LogP contribution >= 0.6 is 11.6 Å².